The van der Waals surface area contributed by atoms with Gasteiger partial charge in [-0.15, -0.1) is 0 Å². The molecule has 2 N–H and O–H groups in total. The van der Waals surface area contributed by atoms with E-state index < -0.39 is 6.10 Å². The van der Waals surface area contributed by atoms with E-state index >= 15 is 0 Å². The van der Waals surface area contributed by atoms with E-state index in [4.69, 9.17) is 4.74 Å². The zero-order valence-corrected chi connectivity index (χ0v) is 10.8. The molecule has 0 aliphatic carbocycles. The van der Waals surface area contributed by atoms with Gasteiger partial charge in [-0.2, -0.15) is 0 Å². The average molecular weight is 231 g/mol. The van der Waals surface area contributed by atoms with Crippen LogP contribution in [0.15, 0.2) is 0 Å². The average Bonchev–Trinajstić information content (AvgIpc) is 2.20. The van der Waals surface area contributed by atoms with E-state index in [1.165, 1.54) is 0 Å². The van der Waals surface area contributed by atoms with Crippen LogP contribution < -0.4 is 5.32 Å². The Balaban J connectivity index is 3.45. The molecule has 4 nitrogen and oxygen atoms in total. The summed E-state index contributed by atoms with van der Waals surface area (Å²) in [5, 5.41) is 12.2. The van der Waals surface area contributed by atoms with Gasteiger partial charge in [-0.3, -0.25) is 4.79 Å². The van der Waals surface area contributed by atoms with Crippen molar-refractivity contribution in [1.29, 1.82) is 0 Å². The van der Waals surface area contributed by atoms with Gasteiger partial charge >= 0.3 is 0 Å². The molecule has 0 aromatic carbocycles. The fraction of sp³-hybridized carbons (Fsp3) is 0.917. The normalized spacial score (nSPS) is 13.2. The molecule has 0 fully saturated rings. The van der Waals surface area contributed by atoms with Gasteiger partial charge in [0, 0.05) is 19.6 Å². The maximum atomic E-state index is 11.3. The molecule has 1 atom stereocenters. The Morgan fingerprint density at radius 2 is 1.94 bits per heavy atom. The Labute approximate surface area is 98.4 Å². The molecule has 96 valence electrons. The number of aliphatic hydroxyl groups excluding tert-OH is 1. The van der Waals surface area contributed by atoms with Crippen LogP contribution in [0.4, 0.5) is 0 Å². The summed E-state index contributed by atoms with van der Waals surface area (Å²) in [4.78, 5) is 11.3. The minimum Gasteiger partial charge on any atom is -0.391 e. The lowest BCUT2D eigenvalue weighted by molar-refractivity contribution is -0.122. The summed E-state index contributed by atoms with van der Waals surface area (Å²) >= 11 is 0. The van der Waals surface area contributed by atoms with Crippen molar-refractivity contribution >= 4 is 5.91 Å². The Bertz CT molecular complexity index is 193. The molecule has 1 unspecified atom stereocenters. The summed E-state index contributed by atoms with van der Waals surface area (Å²) in [6.45, 7) is 9.42. The highest BCUT2D eigenvalue weighted by atomic mass is 16.5. The van der Waals surface area contributed by atoms with Gasteiger partial charge in [-0.1, -0.05) is 27.7 Å². The zero-order chi connectivity index (χ0) is 12.6. The molecule has 0 heterocycles. The first kappa shape index (κ1) is 15.4. The fourth-order valence-corrected chi connectivity index (χ4v) is 1.03. The van der Waals surface area contributed by atoms with Crippen molar-refractivity contribution in [1.82, 2.24) is 5.32 Å². The van der Waals surface area contributed by atoms with E-state index in [2.05, 4.69) is 19.2 Å². The number of carbonyl (C=O) groups excluding carboxylic acids is 1. The zero-order valence-electron chi connectivity index (χ0n) is 10.8. The minimum absolute atomic E-state index is 0.0662. The summed E-state index contributed by atoms with van der Waals surface area (Å²) in [7, 11) is 0. The van der Waals surface area contributed by atoms with Gasteiger partial charge in [-0.05, 0) is 11.8 Å². The maximum absolute atomic E-state index is 11.3. The molecule has 0 aliphatic heterocycles. The fourth-order valence-electron chi connectivity index (χ4n) is 1.03. The Kier molecular flexibility index (Phi) is 8.21. The van der Waals surface area contributed by atoms with Crippen LogP contribution >= 0.6 is 0 Å². The first-order chi connectivity index (χ1) is 7.43. The lowest BCUT2D eigenvalue weighted by Crippen LogP contribution is -2.35. The molecule has 0 aromatic heterocycles. The summed E-state index contributed by atoms with van der Waals surface area (Å²) in [6.07, 6.45) is -0.113. The molecule has 1 amide bonds. The largest absolute Gasteiger partial charge is 0.391 e. The smallest absolute Gasteiger partial charge is 0.222 e. The van der Waals surface area contributed by atoms with Crippen LogP contribution in [0.1, 0.15) is 34.1 Å². The number of hydrogen-bond acceptors (Lipinski definition) is 3. The maximum Gasteiger partial charge on any atom is 0.222 e. The van der Waals surface area contributed by atoms with Crippen LogP contribution in [0.2, 0.25) is 0 Å². The highest BCUT2D eigenvalue weighted by Crippen LogP contribution is 1.99. The lowest BCUT2D eigenvalue weighted by atomic mass is 10.1. The monoisotopic (exact) mass is 231 g/mol. The van der Waals surface area contributed by atoms with Gasteiger partial charge in [0.25, 0.3) is 0 Å². The Hall–Kier alpha value is -0.610. The summed E-state index contributed by atoms with van der Waals surface area (Å²) in [5.41, 5.74) is 0. The molecule has 4 heteroatoms. The van der Waals surface area contributed by atoms with E-state index in [0.29, 0.717) is 32.1 Å². The molecule has 0 bridgehead atoms. The SMILES string of the molecule is CC(C)COCCC(=O)NCC(O)C(C)C. The van der Waals surface area contributed by atoms with Crippen molar-refractivity contribution in [3.05, 3.63) is 0 Å². The molecular weight excluding hydrogens is 206 g/mol. The van der Waals surface area contributed by atoms with Gasteiger partial charge < -0.3 is 15.2 Å². The highest BCUT2D eigenvalue weighted by molar-refractivity contribution is 5.75. The minimum atomic E-state index is -0.472. The molecule has 0 spiro atoms. The van der Waals surface area contributed by atoms with Gasteiger partial charge in [0.1, 0.15) is 0 Å². The van der Waals surface area contributed by atoms with E-state index in [1.807, 2.05) is 13.8 Å². The first-order valence-electron chi connectivity index (χ1n) is 5.96. The molecule has 0 radical (unpaired) electrons. The number of carbonyl (C=O) groups is 1. The van der Waals surface area contributed by atoms with Crippen LogP contribution in [0.3, 0.4) is 0 Å². The van der Waals surface area contributed by atoms with Gasteiger partial charge in [0.05, 0.1) is 12.7 Å². The van der Waals surface area contributed by atoms with Crippen LogP contribution in [0, 0.1) is 11.8 Å². The molecule has 0 aromatic rings. The van der Waals surface area contributed by atoms with E-state index in [1.54, 1.807) is 0 Å². The van der Waals surface area contributed by atoms with Crippen molar-refractivity contribution in [3.63, 3.8) is 0 Å². The van der Waals surface area contributed by atoms with Crippen molar-refractivity contribution in [2.24, 2.45) is 11.8 Å². The topological polar surface area (TPSA) is 58.6 Å². The second kappa shape index (κ2) is 8.53. The third-order valence-corrected chi connectivity index (χ3v) is 2.20. The number of amides is 1. The molecule has 0 saturated carbocycles. The molecule has 16 heavy (non-hydrogen) atoms. The standard InChI is InChI=1S/C12H25NO3/c1-9(2)8-16-6-5-12(15)13-7-11(14)10(3)4/h9-11,14H,5-8H2,1-4H3,(H,13,15). The van der Waals surface area contributed by atoms with Gasteiger partial charge in [-0.25, -0.2) is 0 Å². The lowest BCUT2D eigenvalue weighted by Gasteiger charge is -2.15. The summed E-state index contributed by atoms with van der Waals surface area (Å²) in [5.74, 6) is 0.590. The van der Waals surface area contributed by atoms with Crippen LogP contribution in [-0.4, -0.2) is 36.9 Å². The Morgan fingerprint density at radius 3 is 2.44 bits per heavy atom. The number of ether oxygens (including phenoxy) is 1. The molecule has 0 rings (SSSR count). The van der Waals surface area contributed by atoms with Crippen LogP contribution in [-0.2, 0) is 9.53 Å². The predicted octanol–water partition coefficient (Wildman–Crippen LogP) is 1.18. The van der Waals surface area contributed by atoms with E-state index in [0.717, 1.165) is 0 Å². The van der Waals surface area contributed by atoms with Crippen LogP contribution in [0.5, 0.6) is 0 Å². The highest BCUT2D eigenvalue weighted by Gasteiger charge is 2.10. The third kappa shape index (κ3) is 8.68. The van der Waals surface area contributed by atoms with Gasteiger partial charge in [0.2, 0.25) is 5.91 Å². The summed E-state index contributed by atoms with van der Waals surface area (Å²) in [6, 6.07) is 0. The molecular formula is C12H25NO3. The van der Waals surface area contributed by atoms with Crippen molar-refractivity contribution in [2.75, 3.05) is 19.8 Å². The van der Waals surface area contributed by atoms with Gasteiger partial charge in [0.15, 0.2) is 0 Å². The number of aliphatic hydroxyl groups is 1. The third-order valence-electron chi connectivity index (χ3n) is 2.20. The quantitative estimate of drug-likeness (QED) is 0.617. The van der Waals surface area contributed by atoms with Crippen molar-refractivity contribution in [3.8, 4) is 0 Å². The number of hydrogen-bond donors (Lipinski definition) is 2. The first-order valence-corrected chi connectivity index (χ1v) is 5.96. The van der Waals surface area contributed by atoms with Crippen LogP contribution in [0.25, 0.3) is 0 Å². The van der Waals surface area contributed by atoms with Crippen molar-refractivity contribution < 1.29 is 14.6 Å². The number of rotatable bonds is 8. The second-order valence-corrected chi connectivity index (χ2v) is 4.83. The number of nitrogens with one attached hydrogen (secondary N) is 1. The molecule has 0 saturated heterocycles. The van der Waals surface area contributed by atoms with E-state index in [9.17, 15) is 9.90 Å². The summed E-state index contributed by atoms with van der Waals surface area (Å²) < 4.78 is 5.30. The predicted molar refractivity (Wildman–Crippen MR) is 64.1 cm³/mol. The van der Waals surface area contributed by atoms with E-state index in [-0.39, 0.29) is 11.8 Å². The molecule has 0 aliphatic rings. The Morgan fingerprint density at radius 1 is 1.31 bits per heavy atom. The van der Waals surface area contributed by atoms with Crippen molar-refractivity contribution in [2.45, 2.75) is 40.2 Å². The second-order valence-electron chi connectivity index (χ2n) is 4.83.